The molecule has 0 spiro atoms. The first-order valence-electron chi connectivity index (χ1n) is 6.10. The van der Waals surface area contributed by atoms with Crippen LogP contribution in [0.5, 0.6) is 5.75 Å². The topological polar surface area (TPSA) is 48.1 Å². The highest BCUT2D eigenvalue weighted by atomic mass is 32.1. The lowest BCUT2D eigenvalue weighted by atomic mass is 10.2. The molecule has 18 heavy (non-hydrogen) atoms. The molecule has 0 aliphatic rings. The molecule has 3 nitrogen and oxygen atoms in total. The Morgan fingerprint density at radius 1 is 1.28 bits per heavy atom. The van der Waals surface area contributed by atoms with Gasteiger partial charge >= 0.3 is 0 Å². The van der Waals surface area contributed by atoms with Crippen LogP contribution in [-0.4, -0.2) is 4.98 Å². The number of aromatic nitrogens is 1. The van der Waals surface area contributed by atoms with E-state index in [0.717, 1.165) is 22.9 Å². The summed E-state index contributed by atoms with van der Waals surface area (Å²) in [6.45, 7) is 5.23. The van der Waals surface area contributed by atoms with Gasteiger partial charge in [-0.05, 0) is 25.5 Å². The Kier molecular flexibility index (Phi) is 4.33. The van der Waals surface area contributed by atoms with Crippen LogP contribution in [0.2, 0.25) is 0 Å². The van der Waals surface area contributed by atoms with Crippen LogP contribution >= 0.6 is 11.3 Å². The number of thiazole rings is 1. The van der Waals surface area contributed by atoms with Crippen molar-refractivity contribution in [2.75, 3.05) is 0 Å². The molecular formula is C14H18N2OS. The summed E-state index contributed by atoms with van der Waals surface area (Å²) < 4.78 is 5.71. The van der Waals surface area contributed by atoms with E-state index >= 15 is 0 Å². The smallest absolute Gasteiger partial charge is 0.140 e. The zero-order chi connectivity index (χ0) is 13.0. The van der Waals surface area contributed by atoms with E-state index in [1.165, 1.54) is 10.4 Å². The van der Waals surface area contributed by atoms with Crippen LogP contribution in [0.15, 0.2) is 24.3 Å². The summed E-state index contributed by atoms with van der Waals surface area (Å²) in [4.78, 5) is 5.71. The maximum atomic E-state index is 5.71. The average molecular weight is 262 g/mol. The molecule has 0 aliphatic heterocycles. The predicted octanol–water partition coefficient (Wildman–Crippen LogP) is 3.05. The molecule has 0 saturated heterocycles. The number of ether oxygens (including phenoxy) is 1. The molecule has 0 amide bonds. The normalized spacial score (nSPS) is 10.6. The minimum absolute atomic E-state index is 0.515. The summed E-state index contributed by atoms with van der Waals surface area (Å²) >= 11 is 1.65. The van der Waals surface area contributed by atoms with Gasteiger partial charge in [0.25, 0.3) is 0 Å². The van der Waals surface area contributed by atoms with E-state index in [0.29, 0.717) is 13.2 Å². The highest BCUT2D eigenvalue weighted by Gasteiger charge is 2.08. The van der Waals surface area contributed by atoms with Crippen molar-refractivity contribution in [3.8, 4) is 5.75 Å². The fraction of sp³-hybridized carbons (Fsp3) is 0.357. The molecule has 2 rings (SSSR count). The minimum Gasteiger partial charge on any atom is -0.486 e. The summed E-state index contributed by atoms with van der Waals surface area (Å²) in [6, 6.07) is 8.04. The van der Waals surface area contributed by atoms with Crippen molar-refractivity contribution < 1.29 is 4.74 Å². The maximum Gasteiger partial charge on any atom is 0.140 e. The summed E-state index contributed by atoms with van der Waals surface area (Å²) in [5.41, 5.74) is 8.03. The van der Waals surface area contributed by atoms with Crippen LogP contribution in [0.25, 0.3) is 0 Å². The van der Waals surface area contributed by atoms with E-state index in [1.54, 1.807) is 11.3 Å². The second-order valence-corrected chi connectivity index (χ2v) is 5.31. The number of rotatable bonds is 5. The molecule has 0 aliphatic carbocycles. The lowest BCUT2D eigenvalue weighted by Gasteiger charge is -2.03. The predicted molar refractivity (Wildman–Crippen MR) is 74.9 cm³/mol. The molecule has 1 aromatic heterocycles. The number of nitrogens with two attached hydrogens (primary N) is 1. The monoisotopic (exact) mass is 262 g/mol. The fourth-order valence-electron chi connectivity index (χ4n) is 1.71. The molecular weight excluding hydrogens is 244 g/mol. The molecule has 96 valence electrons. The third kappa shape index (κ3) is 3.09. The molecule has 0 saturated carbocycles. The summed E-state index contributed by atoms with van der Waals surface area (Å²) in [7, 11) is 0. The highest BCUT2D eigenvalue weighted by Crippen LogP contribution is 2.21. The van der Waals surface area contributed by atoms with Crippen molar-refractivity contribution in [2.24, 2.45) is 5.73 Å². The summed E-state index contributed by atoms with van der Waals surface area (Å²) in [6.07, 6.45) is 0.924. The van der Waals surface area contributed by atoms with E-state index in [2.05, 4.69) is 18.8 Å². The first-order valence-corrected chi connectivity index (χ1v) is 6.91. The molecule has 1 aromatic carbocycles. The van der Waals surface area contributed by atoms with Gasteiger partial charge in [-0.3, -0.25) is 0 Å². The van der Waals surface area contributed by atoms with Gasteiger partial charge in [0.2, 0.25) is 0 Å². The van der Waals surface area contributed by atoms with Crippen LogP contribution < -0.4 is 10.5 Å². The second-order valence-electron chi connectivity index (χ2n) is 4.14. The second kappa shape index (κ2) is 5.98. The molecule has 0 radical (unpaired) electrons. The Labute approximate surface area is 112 Å². The molecule has 2 N–H and O–H groups in total. The Morgan fingerprint density at radius 2 is 2.00 bits per heavy atom. The molecule has 0 fully saturated rings. The van der Waals surface area contributed by atoms with E-state index in [9.17, 15) is 0 Å². The summed E-state index contributed by atoms with van der Waals surface area (Å²) in [5, 5.41) is 0.993. The Balaban J connectivity index is 2.01. The van der Waals surface area contributed by atoms with E-state index in [-0.39, 0.29) is 0 Å². The Morgan fingerprint density at radius 3 is 2.56 bits per heavy atom. The molecule has 4 heteroatoms. The van der Waals surface area contributed by atoms with E-state index < -0.39 is 0 Å². The highest BCUT2D eigenvalue weighted by molar-refractivity contribution is 7.11. The fourth-order valence-corrected chi connectivity index (χ4v) is 2.66. The number of benzene rings is 1. The SMILES string of the molecule is CCc1nc(COc2ccc(C)cc2)sc1CN. The lowest BCUT2D eigenvalue weighted by molar-refractivity contribution is 0.305. The third-order valence-corrected chi connectivity index (χ3v) is 3.82. The van der Waals surface area contributed by atoms with Crippen LogP contribution in [0.1, 0.15) is 28.1 Å². The average Bonchev–Trinajstić information content (AvgIpc) is 2.80. The van der Waals surface area contributed by atoms with Crippen molar-refractivity contribution in [1.29, 1.82) is 0 Å². The maximum absolute atomic E-state index is 5.71. The molecule has 0 atom stereocenters. The van der Waals surface area contributed by atoms with Crippen molar-refractivity contribution >= 4 is 11.3 Å². The van der Waals surface area contributed by atoms with Crippen molar-refractivity contribution in [3.05, 3.63) is 45.4 Å². The standard InChI is InChI=1S/C14H18N2OS/c1-3-12-13(8-15)18-14(16-12)9-17-11-6-4-10(2)5-7-11/h4-7H,3,8-9,15H2,1-2H3. The summed E-state index contributed by atoms with van der Waals surface area (Å²) in [5.74, 6) is 0.878. The number of aryl methyl sites for hydroxylation is 2. The molecule has 1 heterocycles. The van der Waals surface area contributed by atoms with Gasteiger partial charge < -0.3 is 10.5 Å². The van der Waals surface area contributed by atoms with Gasteiger partial charge in [-0.15, -0.1) is 11.3 Å². The Hall–Kier alpha value is -1.39. The van der Waals surface area contributed by atoms with Gasteiger partial charge in [0.15, 0.2) is 0 Å². The minimum atomic E-state index is 0.515. The van der Waals surface area contributed by atoms with Gasteiger partial charge in [0.1, 0.15) is 17.4 Å². The van der Waals surface area contributed by atoms with Gasteiger partial charge in [0.05, 0.1) is 5.69 Å². The zero-order valence-corrected chi connectivity index (χ0v) is 11.6. The zero-order valence-electron chi connectivity index (χ0n) is 10.8. The van der Waals surface area contributed by atoms with Gasteiger partial charge in [0, 0.05) is 11.4 Å². The molecule has 2 aromatic rings. The van der Waals surface area contributed by atoms with Gasteiger partial charge in [-0.1, -0.05) is 24.6 Å². The van der Waals surface area contributed by atoms with Gasteiger partial charge in [-0.2, -0.15) is 0 Å². The first-order chi connectivity index (χ1) is 8.72. The molecule has 0 bridgehead atoms. The Bertz CT molecular complexity index is 484. The van der Waals surface area contributed by atoms with Crippen LogP contribution in [-0.2, 0) is 19.6 Å². The largest absolute Gasteiger partial charge is 0.486 e. The van der Waals surface area contributed by atoms with Crippen LogP contribution in [0.4, 0.5) is 0 Å². The van der Waals surface area contributed by atoms with Crippen LogP contribution in [0, 0.1) is 6.92 Å². The first kappa shape index (κ1) is 13.1. The van der Waals surface area contributed by atoms with Gasteiger partial charge in [-0.25, -0.2) is 4.98 Å². The van der Waals surface area contributed by atoms with E-state index in [1.807, 2.05) is 24.3 Å². The van der Waals surface area contributed by atoms with Crippen molar-refractivity contribution in [1.82, 2.24) is 4.98 Å². The lowest BCUT2D eigenvalue weighted by Crippen LogP contribution is -1.97. The quantitative estimate of drug-likeness (QED) is 0.901. The van der Waals surface area contributed by atoms with Crippen molar-refractivity contribution in [2.45, 2.75) is 33.4 Å². The van der Waals surface area contributed by atoms with E-state index in [4.69, 9.17) is 10.5 Å². The molecule has 0 unspecified atom stereocenters. The number of nitrogens with zero attached hydrogens (tertiary/aromatic N) is 1. The number of hydrogen-bond donors (Lipinski definition) is 1. The van der Waals surface area contributed by atoms with Crippen LogP contribution in [0.3, 0.4) is 0 Å². The third-order valence-electron chi connectivity index (χ3n) is 2.73. The van der Waals surface area contributed by atoms with Crippen molar-refractivity contribution in [3.63, 3.8) is 0 Å². The number of hydrogen-bond acceptors (Lipinski definition) is 4.